The lowest BCUT2D eigenvalue weighted by Crippen LogP contribution is -2.39. The maximum Gasteiger partial charge on any atom is 0.488 e. The number of hydrogen-bond donors (Lipinski definition) is 2. The molecule has 116 valence electrons. The molecular weight excluding hydrogens is 267 g/mol. The summed E-state index contributed by atoms with van der Waals surface area (Å²) in [5.41, 5.74) is 0.458. The van der Waals surface area contributed by atoms with Gasteiger partial charge < -0.3 is 19.7 Å². The summed E-state index contributed by atoms with van der Waals surface area (Å²) in [7, 11) is 2.77. The molecule has 1 heterocycles. The molecular formula is C15H25BN2O3. The molecule has 1 atom stereocenters. The number of ether oxygens (including phenoxy) is 1. The molecule has 0 saturated carbocycles. The lowest BCUT2D eigenvalue weighted by molar-refractivity contribution is 0.172. The van der Waals surface area contributed by atoms with E-state index < -0.39 is 7.12 Å². The van der Waals surface area contributed by atoms with Crippen LogP contribution in [0.2, 0.25) is 0 Å². The van der Waals surface area contributed by atoms with Gasteiger partial charge in [0.25, 0.3) is 0 Å². The lowest BCUT2D eigenvalue weighted by atomic mass is 9.80. The van der Waals surface area contributed by atoms with Crippen LogP contribution < -0.4 is 10.2 Å². The third kappa shape index (κ3) is 5.00. The molecule has 2 rings (SSSR count). The normalized spacial score (nSPS) is 19.2. The van der Waals surface area contributed by atoms with Crippen molar-refractivity contribution < 1.29 is 14.8 Å². The van der Waals surface area contributed by atoms with Crippen LogP contribution in [0.1, 0.15) is 12.8 Å². The molecule has 1 unspecified atom stereocenters. The van der Waals surface area contributed by atoms with Gasteiger partial charge in [0, 0.05) is 19.1 Å². The average molecular weight is 292 g/mol. The van der Waals surface area contributed by atoms with Crippen LogP contribution in [0.5, 0.6) is 5.75 Å². The van der Waals surface area contributed by atoms with Crippen molar-refractivity contribution >= 4 is 12.6 Å². The summed E-state index contributed by atoms with van der Waals surface area (Å²) in [6.07, 6.45) is 2.51. The Labute approximate surface area is 127 Å². The molecule has 0 aliphatic carbocycles. The largest absolute Gasteiger partial charge is 0.492 e. The van der Waals surface area contributed by atoms with E-state index in [4.69, 9.17) is 14.8 Å². The molecule has 1 aromatic rings. The van der Waals surface area contributed by atoms with Crippen LogP contribution in [0.4, 0.5) is 0 Å². The second-order valence-corrected chi connectivity index (χ2v) is 5.89. The Hall–Kier alpha value is -1.08. The van der Waals surface area contributed by atoms with Crippen molar-refractivity contribution in [2.75, 3.05) is 40.3 Å². The quantitative estimate of drug-likeness (QED) is 0.680. The highest BCUT2D eigenvalue weighted by Gasteiger charge is 2.24. The Kier molecular flexibility index (Phi) is 6.05. The molecule has 1 aliphatic rings. The second-order valence-electron chi connectivity index (χ2n) is 5.89. The molecule has 0 amide bonds. The monoisotopic (exact) mass is 292 g/mol. The summed E-state index contributed by atoms with van der Waals surface area (Å²) in [5, 5.41) is 18.3. The van der Waals surface area contributed by atoms with Crippen molar-refractivity contribution in [3.8, 4) is 5.75 Å². The molecule has 0 spiro atoms. The zero-order valence-corrected chi connectivity index (χ0v) is 12.9. The molecule has 0 radical (unpaired) electrons. The van der Waals surface area contributed by atoms with Crippen LogP contribution in [-0.2, 0) is 0 Å². The molecule has 1 fully saturated rings. The summed E-state index contributed by atoms with van der Waals surface area (Å²) < 4.78 is 5.73. The van der Waals surface area contributed by atoms with E-state index in [9.17, 15) is 0 Å². The minimum atomic E-state index is -1.45. The summed E-state index contributed by atoms with van der Waals surface area (Å²) in [6.45, 7) is 3.75. The predicted molar refractivity (Wildman–Crippen MR) is 84.9 cm³/mol. The van der Waals surface area contributed by atoms with Gasteiger partial charge in [-0.25, -0.2) is 0 Å². The van der Waals surface area contributed by atoms with Crippen molar-refractivity contribution in [3.05, 3.63) is 24.3 Å². The van der Waals surface area contributed by atoms with Gasteiger partial charge in [-0.05, 0) is 51.1 Å². The van der Waals surface area contributed by atoms with Crippen LogP contribution in [0.25, 0.3) is 0 Å². The number of nitrogens with zero attached hydrogens (tertiary/aromatic N) is 2. The van der Waals surface area contributed by atoms with Crippen LogP contribution >= 0.6 is 0 Å². The molecule has 2 N–H and O–H groups in total. The highest BCUT2D eigenvalue weighted by atomic mass is 16.5. The van der Waals surface area contributed by atoms with Gasteiger partial charge >= 0.3 is 7.12 Å². The first-order valence-corrected chi connectivity index (χ1v) is 7.54. The first kappa shape index (κ1) is 16.3. The van der Waals surface area contributed by atoms with Crippen LogP contribution in [0.3, 0.4) is 0 Å². The van der Waals surface area contributed by atoms with E-state index in [0.29, 0.717) is 23.9 Å². The Morgan fingerprint density at radius 3 is 2.90 bits per heavy atom. The van der Waals surface area contributed by atoms with Gasteiger partial charge in [-0.15, -0.1) is 0 Å². The Morgan fingerprint density at radius 1 is 1.38 bits per heavy atom. The molecule has 6 heteroatoms. The van der Waals surface area contributed by atoms with Gasteiger partial charge in [0.1, 0.15) is 12.4 Å². The van der Waals surface area contributed by atoms with Crippen LogP contribution in [0.15, 0.2) is 24.3 Å². The number of hydrogen-bond acceptors (Lipinski definition) is 5. The number of likely N-dealkylation sites (tertiary alicyclic amines) is 1. The fraction of sp³-hybridized carbons (Fsp3) is 0.600. The zero-order valence-electron chi connectivity index (χ0n) is 12.9. The topological polar surface area (TPSA) is 56.2 Å². The molecule has 5 nitrogen and oxygen atoms in total. The van der Waals surface area contributed by atoms with Gasteiger partial charge in [-0.2, -0.15) is 0 Å². The van der Waals surface area contributed by atoms with E-state index in [1.165, 1.54) is 12.8 Å². The summed E-state index contributed by atoms with van der Waals surface area (Å²) in [6, 6.07) is 7.58. The van der Waals surface area contributed by atoms with E-state index in [-0.39, 0.29) is 0 Å². The average Bonchev–Trinajstić information content (AvgIpc) is 2.86. The maximum atomic E-state index is 9.15. The van der Waals surface area contributed by atoms with Crippen molar-refractivity contribution in [2.45, 2.75) is 18.9 Å². The Balaban J connectivity index is 1.79. The van der Waals surface area contributed by atoms with E-state index in [2.05, 4.69) is 23.9 Å². The van der Waals surface area contributed by atoms with Gasteiger partial charge in [-0.1, -0.05) is 12.1 Å². The predicted octanol–water partition coefficient (Wildman–Crippen LogP) is -0.229. The first-order valence-electron chi connectivity index (χ1n) is 7.54. The summed E-state index contributed by atoms with van der Waals surface area (Å²) in [4.78, 5) is 4.71. The van der Waals surface area contributed by atoms with E-state index in [1.54, 1.807) is 18.2 Å². The lowest BCUT2D eigenvalue weighted by Gasteiger charge is -2.26. The van der Waals surface area contributed by atoms with Crippen molar-refractivity contribution in [2.24, 2.45) is 0 Å². The SMILES string of the molecule is CN(C)CC1CCCN1CCOc1cccc(B(O)O)c1. The third-order valence-electron chi connectivity index (χ3n) is 3.88. The van der Waals surface area contributed by atoms with Gasteiger partial charge in [-0.3, -0.25) is 4.90 Å². The molecule has 1 aliphatic heterocycles. The van der Waals surface area contributed by atoms with Crippen LogP contribution in [-0.4, -0.2) is 73.3 Å². The minimum Gasteiger partial charge on any atom is -0.492 e. The van der Waals surface area contributed by atoms with Crippen molar-refractivity contribution in [3.63, 3.8) is 0 Å². The third-order valence-corrected chi connectivity index (χ3v) is 3.88. The number of rotatable bonds is 7. The first-order chi connectivity index (χ1) is 10.1. The van der Waals surface area contributed by atoms with E-state index in [0.717, 1.165) is 19.6 Å². The van der Waals surface area contributed by atoms with Crippen LogP contribution in [0, 0.1) is 0 Å². The van der Waals surface area contributed by atoms with E-state index in [1.807, 2.05) is 6.07 Å². The second kappa shape index (κ2) is 7.80. The fourth-order valence-corrected chi connectivity index (χ4v) is 2.86. The zero-order chi connectivity index (χ0) is 15.2. The minimum absolute atomic E-state index is 0.458. The smallest absolute Gasteiger partial charge is 0.488 e. The highest BCUT2D eigenvalue weighted by Crippen LogP contribution is 2.17. The molecule has 1 aromatic carbocycles. The van der Waals surface area contributed by atoms with Gasteiger partial charge in [0.2, 0.25) is 0 Å². The fourth-order valence-electron chi connectivity index (χ4n) is 2.86. The molecule has 21 heavy (non-hydrogen) atoms. The van der Waals surface area contributed by atoms with Crippen molar-refractivity contribution in [1.82, 2.24) is 9.80 Å². The standard InChI is InChI=1S/C15H25BN2O3/c1-17(2)12-14-6-4-8-18(14)9-10-21-15-7-3-5-13(11-15)16(19)20/h3,5,7,11,14,19-20H,4,6,8-10,12H2,1-2H3. The Morgan fingerprint density at radius 2 is 2.19 bits per heavy atom. The number of likely N-dealkylation sites (N-methyl/N-ethyl adjacent to an activating group) is 1. The highest BCUT2D eigenvalue weighted by molar-refractivity contribution is 6.58. The maximum absolute atomic E-state index is 9.15. The van der Waals surface area contributed by atoms with Gasteiger partial charge in [0.05, 0.1) is 0 Å². The Bertz CT molecular complexity index is 443. The molecule has 0 bridgehead atoms. The molecule has 1 saturated heterocycles. The van der Waals surface area contributed by atoms with Gasteiger partial charge in [0.15, 0.2) is 0 Å². The molecule has 0 aromatic heterocycles. The summed E-state index contributed by atoms with van der Waals surface area (Å²) in [5.74, 6) is 0.684. The number of benzene rings is 1. The van der Waals surface area contributed by atoms with Crippen molar-refractivity contribution in [1.29, 1.82) is 0 Å². The van der Waals surface area contributed by atoms with E-state index >= 15 is 0 Å². The summed E-state index contributed by atoms with van der Waals surface area (Å²) >= 11 is 0.